The zero-order valence-electron chi connectivity index (χ0n) is 12.9. The van der Waals surface area contributed by atoms with E-state index in [-0.39, 0.29) is 5.91 Å². The Kier molecular flexibility index (Phi) is 3.31. The quantitative estimate of drug-likeness (QED) is 0.705. The third kappa shape index (κ3) is 2.74. The highest BCUT2D eigenvalue weighted by Gasteiger charge is 2.22. The van der Waals surface area contributed by atoms with Gasteiger partial charge in [0.2, 0.25) is 5.96 Å². The molecule has 7 heteroatoms. The second kappa shape index (κ2) is 5.62. The number of aromatic nitrogens is 3. The van der Waals surface area contributed by atoms with E-state index in [2.05, 4.69) is 25.7 Å². The van der Waals surface area contributed by atoms with Gasteiger partial charge in [-0.15, -0.1) is 0 Å². The average Bonchev–Trinajstić information content (AvgIpc) is 3.13. The number of aryl methyl sites for hydroxylation is 1. The monoisotopic (exact) mass is 318 g/mol. The Labute approximate surface area is 137 Å². The number of rotatable bonds is 2. The van der Waals surface area contributed by atoms with Crippen molar-refractivity contribution in [2.45, 2.75) is 0 Å². The number of pyridine rings is 1. The maximum absolute atomic E-state index is 12.1. The van der Waals surface area contributed by atoms with Crippen LogP contribution in [0.1, 0.15) is 5.56 Å². The largest absolute Gasteiger partial charge is 0.321 e. The molecule has 1 aromatic carbocycles. The molecule has 4 rings (SSSR count). The lowest BCUT2D eigenvalue weighted by molar-refractivity contribution is -0.115. The predicted molar refractivity (Wildman–Crippen MR) is 91.3 cm³/mol. The molecule has 0 saturated carbocycles. The van der Waals surface area contributed by atoms with Crippen molar-refractivity contribution >= 4 is 34.5 Å². The van der Waals surface area contributed by atoms with Gasteiger partial charge in [-0.1, -0.05) is 12.1 Å². The Morgan fingerprint density at radius 3 is 2.92 bits per heavy atom. The summed E-state index contributed by atoms with van der Waals surface area (Å²) >= 11 is 0. The van der Waals surface area contributed by atoms with E-state index in [9.17, 15) is 4.79 Å². The standard InChI is InChI=1S/C17H14N6O/c1-23-7-5-15(22-23)20-17-19-14(16(24)21-17)9-11-2-3-13-10-18-6-4-12(13)8-11/h2-10H,1H3,(H2,19,20,21,22,24)/b14-9-. The molecule has 0 radical (unpaired) electrons. The van der Waals surface area contributed by atoms with Crippen LogP contribution < -0.4 is 10.6 Å². The van der Waals surface area contributed by atoms with Crippen molar-refractivity contribution in [3.05, 3.63) is 60.2 Å². The third-order valence-corrected chi connectivity index (χ3v) is 3.63. The van der Waals surface area contributed by atoms with Crippen LogP contribution in [-0.2, 0) is 11.8 Å². The van der Waals surface area contributed by atoms with Crippen molar-refractivity contribution < 1.29 is 4.79 Å². The Hall–Kier alpha value is -3.48. The van der Waals surface area contributed by atoms with E-state index in [4.69, 9.17) is 0 Å². The molecule has 0 atom stereocenters. The van der Waals surface area contributed by atoms with Crippen LogP contribution in [0.4, 0.5) is 5.82 Å². The first-order valence-electron chi connectivity index (χ1n) is 7.39. The van der Waals surface area contributed by atoms with Gasteiger partial charge in [0.15, 0.2) is 5.82 Å². The first-order chi connectivity index (χ1) is 11.7. The molecule has 0 spiro atoms. The molecular formula is C17H14N6O. The second-order valence-electron chi connectivity index (χ2n) is 5.43. The summed E-state index contributed by atoms with van der Waals surface area (Å²) in [6.45, 7) is 0. The van der Waals surface area contributed by atoms with Gasteiger partial charge in [0.25, 0.3) is 5.91 Å². The number of guanidine groups is 1. The van der Waals surface area contributed by atoms with Gasteiger partial charge < -0.3 is 5.32 Å². The average molecular weight is 318 g/mol. The number of benzene rings is 1. The molecule has 3 aromatic rings. The molecule has 2 N–H and O–H groups in total. The molecule has 24 heavy (non-hydrogen) atoms. The minimum absolute atomic E-state index is 0.223. The highest BCUT2D eigenvalue weighted by atomic mass is 16.2. The van der Waals surface area contributed by atoms with E-state index in [0.29, 0.717) is 17.5 Å². The van der Waals surface area contributed by atoms with Crippen molar-refractivity contribution in [1.82, 2.24) is 25.4 Å². The number of aliphatic imine (C=N–C) groups is 1. The molecule has 0 bridgehead atoms. The van der Waals surface area contributed by atoms with E-state index < -0.39 is 0 Å². The van der Waals surface area contributed by atoms with Gasteiger partial charge in [0, 0.05) is 37.1 Å². The lowest BCUT2D eigenvalue weighted by atomic mass is 10.1. The van der Waals surface area contributed by atoms with Crippen LogP contribution in [0.5, 0.6) is 0 Å². The van der Waals surface area contributed by atoms with Crippen LogP contribution in [0.25, 0.3) is 16.8 Å². The number of carbonyl (C=O) groups excluding carboxylic acids is 1. The minimum Gasteiger partial charge on any atom is -0.321 e. The molecule has 7 nitrogen and oxygen atoms in total. The van der Waals surface area contributed by atoms with Crippen LogP contribution in [0.3, 0.4) is 0 Å². The summed E-state index contributed by atoms with van der Waals surface area (Å²) in [4.78, 5) is 20.4. The fourth-order valence-corrected chi connectivity index (χ4v) is 2.48. The van der Waals surface area contributed by atoms with Gasteiger partial charge in [0.05, 0.1) is 0 Å². The summed E-state index contributed by atoms with van der Waals surface area (Å²) in [7, 11) is 1.81. The molecule has 1 amide bonds. The first-order valence-corrected chi connectivity index (χ1v) is 7.39. The van der Waals surface area contributed by atoms with Crippen molar-refractivity contribution in [3.63, 3.8) is 0 Å². The Morgan fingerprint density at radius 1 is 1.17 bits per heavy atom. The van der Waals surface area contributed by atoms with E-state index in [0.717, 1.165) is 16.3 Å². The van der Waals surface area contributed by atoms with Crippen LogP contribution >= 0.6 is 0 Å². The minimum atomic E-state index is -0.223. The summed E-state index contributed by atoms with van der Waals surface area (Å²) < 4.78 is 1.65. The zero-order valence-corrected chi connectivity index (χ0v) is 12.9. The summed E-state index contributed by atoms with van der Waals surface area (Å²) in [5.41, 5.74) is 1.36. The van der Waals surface area contributed by atoms with Crippen LogP contribution in [0, 0.1) is 0 Å². The maximum Gasteiger partial charge on any atom is 0.274 e. The van der Waals surface area contributed by atoms with Gasteiger partial charge in [-0.2, -0.15) is 10.1 Å². The summed E-state index contributed by atoms with van der Waals surface area (Å²) in [5, 5.41) is 12.0. The van der Waals surface area contributed by atoms with Gasteiger partial charge in [0.1, 0.15) is 5.70 Å². The van der Waals surface area contributed by atoms with Gasteiger partial charge in [-0.25, -0.2) is 0 Å². The summed E-state index contributed by atoms with van der Waals surface area (Å²) in [6, 6.07) is 9.63. The maximum atomic E-state index is 12.1. The normalized spacial score (nSPS) is 17.5. The topological polar surface area (TPSA) is 84.2 Å². The SMILES string of the molecule is Cn1ccc(N=C2NC(=O)/C(=C/c3ccc4cnccc4c3)N2)n1. The molecule has 2 aromatic heterocycles. The first kappa shape index (κ1) is 14.1. The second-order valence-corrected chi connectivity index (χ2v) is 5.43. The fourth-order valence-electron chi connectivity index (χ4n) is 2.48. The van der Waals surface area contributed by atoms with Crippen molar-refractivity contribution in [3.8, 4) is 0 Å². The highest BCUT2D eigenvalue weighted by molar-refractivity contribution is 6.16. The third-order valence-electron chi connectivity index (χ3n) is 3.63. The molecular weight excluding hydrogens is 304 g/mol. The fraction of sp³-hybridized carbons (Fsp3) is 0.0588. The highest BCUT2D eigenvalue weighted by Crippen LogP contribution is 2.17. The number of fused-ring (bicyclic) bond motifs is 1. The van der Waals surface area contributed by atoms with E-state index in [1.165, 1.54) is 0 Å². The molecule has 0 unspecified atom stereocenters. The summed E-state index contributed by atoms with van der Waals surface area (Å²) in [5.74, 6) is 0.675. The lowest BCUT2D eigenvalue weighted by Crippen LogP contribution is -2.24. The molecule has 3 heterocycles. The molecule has 0 aliphatic carbocycles. The van der Waals surface area contributed by atoms with E-state index in [1.807, 2.05) is 37.5 Å². The number of amides is 1. The van der Waals surface area contributed by atoms with Crippen LogP contribution in [0.2, 0.25) is 0 Å². The molecule has 1 fully saturated rings. The Morgan fingerprint density at radius 2 is 2.08 bits per heavy atom. The van der Waals surface area contributed by atoms with Crippen molar-refractivity contribution in [1.29, 1.82) is 0 Å². The molecule has 1 aliphatic heterocycles. The Balaban J connectivity index is 1.62. The lowest BCUT2D eigenvalue weighted by Gasteiger charge is -2.00. The number of nitrogens with zero attached hydrogens (tertiary/aromatic N) is 4. The summed E-state index contributed by atoms with van der Waals surface area (Å²) in [6.07, 6.45) is 7.13. The zero-order chi connectivity index (χ0) is 16.5. The van der Waals surface area contributed by atoms with E-state index >= 15 is 0 Å². The Bertz CT molecular complexity index is 1000. The number of carbonyl (C=O) groups is 1. The van der Waals surface area contributed by atoms with Crippen molar-refractivity contribution in [2.75, 3.05) is 0 Å². The van der Waals surface area contributed by atoms with Gasteiger partial charge in [-0.05, 0) is 29.2 Å². The van der Waals surface area contributed by atoms with Gasteiger partial charge in [-0.3, -0.25) is 19.8 Å². The van der Waals surface area contributed by atoms with E-state index in [1.54, 1.807) is 29.2 Å². The van der Waals surface area contributed by atoms with Crippen LogP contribution in [0.15, 0.2) is 59.6 Å². The predicted octanol–water partition coefficient (Wildman–Crippen LogP) is 1.72. The van der Waals surface area contributed by atoms with Crippen molar-refractivity contribution in [2.24, 2.45) is 12.0 Å². The smallest absolute Gasteiger partial charge is 0.274 e. The molecule has 1 aliphatic rings. The molecule has 118 valence electrons. The van der Waals surface area contributed by atoms with Crippen LogP contribution in [-0.4, -0.2) is 26.6 Å². The number of hydrogen-bond acceptors (Lipinski definition) is 4. The molecule has 1 saturated heterocycles. The number of nitrogens with one attached hydrogen (secondary N) is 2. The number of hydrogen-bond donors (Lipinski definition) is 2. The van der Waals surface area contributed by atoms with Gasteiger partial charge >= 0.3 is 0 Å².